The Morgan fingerprint density at radius 1 is 1.44 bits per heavy atom. The highest BCUT2D eigenvalue weighted by Gasteiger charge is 2.05. The van der Waals surface area contributed by atoms with Gasteiger partial charge in [-0.25, -0.2) is 4.98 Å². The van der Waals surface area contributed by atoms with Crippen molar-refractivity contribution in [3.05, 3.63) is 36.3 Å². The van der Waals surface area contributed by atoms with Gasteiger partial charge in [0.15, 0.2) is 0 Å². The Morgan fingerprint density at radius 2 is 2.28 bits per heavy atom. The summed E-state index contributed by atoms with van der Waals surface area (Å²) in [7, 11) is 1.64. The first-order valence-electron chi connectivity index (χ1n) is 5.87. The number of ether oxygens (including phenoxy) is 1. The molecule has 1 aromatic carbocycles. The van der Waals surface area contributed by atoms with Crippen molar-refractivity contribution in [2.24, 2.45) is 0 Å². The number of Topliss-reactive ketones (excluding diaryl/α,β-unsaturated/α-hetero) is 1. The van der Waals surface area contributed by atoms with Crippen molar-refractivity contribution in [3.8, 4) is 17.0 Å². The van der Waals surface area contributed by atoms with E-state index < -0.39 is 0 Å². The molecular weight excluding hydrogens is 228 g/mol. The molecule has 2 rings (SSSR count). The van der Waals surface area contributed by atoms with Gasteiger partial charge in [-0.15, -0.1) is 0 Å². The van der Waals surface area contributed by atoms with Crippen LogP contribution in [0, 0.1) is 0 Å². The Morgan fingerprint density at radius 3 is 3.00 bits per heavy atom. The zero-order valence-electron chi connectivity index (χ0n) is 10.6. The smallest absolute Gasteiger partial charge is 0.130 e. The highest BCUT2D eigenvalue weighted by molar-refractivity contribution is 5.75. The summed E-state index contributed by atoms with van der Waals surface area (Å²) in [6.45, 7) is 1.59. The van der Waals surface area contributed by atoms with Crippen LogP contribution in [0.3, 0.4) is 0 Å². The number of rotatable bonds is 5. The molecule has 0 saturated carbocycles. The predicted molar refractivity (Wildman–Crippen MR) is 69.6 cm³/mol. The van der Waals surface area contributed by atoms with Crippen molar-refractivity contribution in [1.82, 2.24) is 9.97 Å². The average molecular weight is 244 g/mol. The lowest BCUT2D eigenvalue weighted by Crippen LogP contribution is -1.95. The highest BCUT2D eigenvalue weighted by atomic mass is 16.5. The van der Waals surface area contributed by atoms with Crippen molar-refractivity contribution in [1.29, 1.82) is 0 Å². The van der Waals surface area contributed by atoms with Crippen molar-refractivity contribution in [3.63, 3.8) is 0 Å². The maximum atomic E-state index is 10.9. The zero-order valence-corrected chi connectivity index (χ0v) is 10.6. The van der Waals surface area contributed by atoms with E-state index in [0.717, 1.165) is 22.8 Å². The number of hydrogen-bond donors (Lipinski definition) is 1. The molecule has 2 aromatic rings. The first-order chi connectivity index (χ1) is 8.69. The highest BCUT2D eigenvalue weighted by Crippen LogP contribution is 2.22. The number of nitrogens with one attached hydrogen (secondary N) is 1. The summed E-state index contributed by atoms with van der Waals surface area (Å²) in [6, 6.07) is 7.77. The molecule has 1 aromatic heterocycles. The molecule has 1 N–H and O–H groups in total. The SMILES string of the molecule is COc1cccc(-c2cnc(CCC(C)=O)[nH]2)c1. The minimum Gasteiger partial charge on any atom is -0.497 e. The van der Waals surface area contributed by atoms with Gasteiger partial charge in [0, 0.05) is 18.4 Å². The van der Waals surface area contributed by atoms with Crippen molar-refractivity contribution >= 4 is 5.78 Å². The Hall–Kier alpha value is -2.10. The van der Waals surface area contributed by atoms with E-state index in [9.17, 15) is 4.79 Å². The lowest BCUT2D eigenvalue weighted by Gasteiger charge is -2.02. The summed E-state index contributed by atoms with van der Waals surface area (Å²) >= 11 is 0. The average Bonchev–Trinajstić information content (AvgIpc) is 2.85. The number of aromatic nitrogens is 2. The molecule has 0 aliphatic rings. The summed E-state index contributed by atoms with van der Waals surface area (Å²) in [5, 5.41) is 0. The third kappa shape index (κ3) is 2.97. The molecule has 0 bridgehead atoms. The fourth-order valence-electron chi connectivity index (χ4n) is 1.72. The van der Waals surface area contributed by atoms with Crippen LogP contribution in [-0.4, -0.2) is 22.9 Å². The molecule has 4 nitrogen and oxygen atoms in total. The first-order valence-corrected chi connectivity index (χ1v) is 5.87. The van der Waals surface area contributed by atoms with Crippen LogP contribution in [0.5, 0.6) is 5.75 Å². The van der Waals surface area contributed by atoms with Crippen LogP contribution in [-0.2, 0) is 11.2 Å². The van der Waals surface area contributed by atoms with Gasteiger partial charge in [-0.1, -0.05) is 12.1 Å². The van der Waals surface area contributed by atoms with Gasteiger partial charge < -0.3 is 14.5 Å². The molecule has 0 aliphatic heterocycles. The summed E-state index contributed by atoms with van der Waals surface area (Å²) in [5.74, 6) is 1.82. The van der Waals surface area contributed by atoms with Gasteiger partial charge in [0.1, 0.15) is 17.4 Å². The zero-order chi connectivity index (χ0) is 13.0. The molecule has 0 aliphatic carbocycles. The van der Waals surface area contributed by atoms with Gasteiger partial charge in [0.2, 0.25) is 0 Å². The van der Waals surface area contributed by atoms with E-state index in [0.29, 0.717) is 12.8 Å². The normalized spacial score (nSPS) is 10.3. The molecule has 0 atom stereocenters. The quantitative estimate of drug-likeness (QED) is 0.879. The number of ketones is 1. The Labute approximate surface area is 106 Å². The lowest BCUT2D eigenvalue weighted by molar-refractivity contribution is -0.117. The maximum Gasteiger partial charge on any atom is 0.130 e. The molecule has 18 heavy (non-hydrogen) atoms. The van der Waals surface area contributed by atoms with Crippen LogP contribution in [0.2, 0.25) is 0 Å². The number of hydrogen-bond acceptors (Lipinski definition) is 3. The summed E-state index contributed by atoms with van der Waals surface area (Å²) in [4.78, 5) is 18.4. The third-order valence-corrected chi connectivity index (χ3v) is 2.72. The number of nitrogens with zero attached hydrogens (tertiary/aromatic N) is 1. The standard InChI is InChI=1S/C14H16N2O2/c1-10(17)6-7-14-15-9-13(16-14)11-4-3-5-12(8-11)18-2/h3-5,8-9H,6-7H2,1-2H3,(H,15,16). The van der Waals surface area contributed by atoms with Crippen molar-refractivity contribution in [2.45, 2.75) is 19.8 Å². The van der Waals surface area contributed by atoms with E-state index in [1.54, 1.807) is 20.2 Å². The number of carbonyl (C=O) groups is 1. The van der Waals surface area contributed by atoms with E-state index in [2.05, 4.69) is 9.97 Å². The predicted octanol–water partition coefficient (Wildman–Crippen LogP) is 2.61. The molecule has 0 fully saturated rings. The fourth-order valence-corrected chi connectivity index (χ4v) is 1.72. The second kappa shape index (κ2) is 5.49. The number of imidazole rings is 1. The van der Waals surface area contributed by atoms with Gasteiger partial charge in [-0.3, -0.25) is 0 Å². The number of aryl methyl sites for hydroxylation is 1. The second-order valence-electron chi connectivity index (χ2n) is 4.18. The van der Waals surface area contributed by atoms with Crippen LogP contribution in [0.15, 0.2) is 30.5 Å². The van der Waals surface area contributed by atoms with Crippen LogP contribution in [0.1, 0.15) is 19.2 Å². The van der Waals surface area contributed by atoms with Crippen LogP contribution < -0.4 is 4.74 Å². The van der Waals surface area contributed by atoms with Gasteiger partial charge in [-0.2, -0.15) is 0 Å². The molecular formula is C14H16N2O2. The largest absolute Gasteiger partial charge is 0.497 e. The van der Waals surface area contributed by atoms with Crippen LogP contribution >= 0.6 is 0 Å². The number of aromatic amines is 1. The second-order valence-corrected chi connectivity index (χ2v) is 4.18. The van der Waals surface area contributed by atoms with Gasteiger partial charge in [0.25, 0.3) is 0 Å². The van der Waals surface area contributed by atoms with E-state index in [1.165, 1.54) is 0 Å². The minimum absolute atomic E-state index is 0.175. The number of methoxy groups -OCH3 is 1. The van der Waals surface area contributed by atoms with Crippen LogP contribution in [0.4, 0.5) is 0 Å². The summed E-state index contributed by atoms with van der Waals surface area (Å²) in [5.41, 5.74) is 1.96. The van der Waals surface area contributed by atoms with E-state index in [4.69, 9.17) is 4.74 Å². The molecule has 4 heteroatoms. The minimum atomic E-state index is 0.175. The number of H-pyrrole nitrogens is 1. The molecule has 0 saturated heterocycles. The van der Waals surface area contributed by atoms with Crippen LogP contribution in [0.25, 0.3) is 11.3 Å². The number of carbonyl (C=O) groups excluding carboxylic acids is 1. The molecule has 0 amide bonds. The molecule has 94 valence electrons. The van der Waals surface area contributed by atoms with E-state index in [-0.39, 0.29) is 5.78 Å². The molecule has 0 spiro atoms. The van der Waals surface area contributed by atoms with Crippen molar-refractivity contribution < 1.29 is 9.53 Å². The third-order valence-electron chi connectivity index (χ3n) is 2.72. The Bertz CT molecular complexity index is 546. The molecule has 0 unspecified atom stereocenters. The summed E-state index contributed by atoms with van der Waals surface area (Å²) < 4.78 is 5.18. The topological polar surface area (TPSA) is 55.0 Å². The lowest BCUT2D eigenvalue weighted by atomic mass is 10.1. The number of benzene rings is 1. The van der Waals surface area contributed by atoms with Gasteiger partial charge >= 0.3 is 0 Å². The van der Waals surface area contributed by atoms with E-state index in [1.807, 2.05) is 24.3 Å². The molecule has 0 radical (unpaired) electrons. The molecule has 1 heterocycles. The Kier molecular flexibility index (Phi) is 3.77. The maximum absolute atomic E-state index is 10.9. The summed E-state index contributed by atoms with van der Waals surface area (Å²) in [6.07, 6.45) is 2.95. The van der Waals surface area contributed by atoms with E-state index >= 15 is 0 Å². The fraction of sp³-hybridized carbons (Fsp3) is 0.286. The van der Waals surface area contributed by atoms with Gasteiger partial charge in [0.05, 0.1) is 19.0 Å². The first kappa shape index (κ1) is 12.4. The van der Waals surface area contributed by atoms with Crippen molar-refractivity contribution in [2.75, 3.05) is 7.11 Å². The Balaban J connectivity index is 2.15. The monoisotopic (exact) mass is 244 g/mol. The van der Waals surface area contributed by atoms with Gasteiger partial charge in [-0.05, 0) is 19.1 Å².